The molecule has 0 aliphatic heterocycles. The van der Waals surface area contributed by atoms with Crippen molar-refractivity contribution < 1.29 is 18.0 Å². The smallest absolute Gasteiger partial charge is 0.357 e. The van der Waals surface area contributed by atoms with Gasteiger partial charge in [0.1, 0.15) is 5.82 Å². The number of amides is 2. The zero-order valence-electron chi connectivity index (χ0n) is 16.1. The average molecular weight is 416 g/mol. The highest BCUT2D eigenvalue weighted by Gasteiger charge is 2.30. The first kappa shape index (κ1) is 20.9. The van der Waals surface area contributed by atoms with Crippen molar-refractivity contribution in [3.63, 3.8) is 0 Å². The van der Waals surface area contributed by atoms with Gasteiger partial charge in [0.25, 0.3) is 0 Å². The molecule has 2 aromatic carbocycles. The monoisotopic (exact) mass is 416 g/mol. The summed E-state index contributed by atoms with van der Waals surface area (Å²) in [4.78, 5) is 20.7. The van der Waals surface area contributed by atoms with E-state index in [2.05, 4.69) is 31.2 Å². The normalized spacial score (nSPS) is 11.0. The van der Waals surface area contributed by atoms with E-state index in [4.69, 9.17) is 0 Å². The van der Waals surface area contributed by atoms with E-state index >= 15 is 0 Å². The largest absolute Gasteiger partial charge is 0.416 e. The Kier molecular flexibility index (Phi) is 6.05. The Balaban J connectivity index is 1.69. The van der Waals surface area contributed by atoms with Crippen LogP contribution in [0, 0.1) is 6.92 Å². The first-order chi connectivity index (χ1) is 14.2. The summed E-state index contributed by atoms with van der Waals surface area (Å²) in [5.74, 6) is 1.05. The van der Waals surface area contributed by atoms with E-state index in [1.165, 1.54) is 12.1 Å². The third-order valence-corrected chi connectivity index (χ3v) is 4.03. The lowest BCUT2D eigenvalue weighted by Crippen LogP contribution is -2.19. The van der Waals surface area contributed by atoms with E-state index in [0.29, 0.717) is 23.1 Å². The summed E-state index contributed by atoms with van der Waals surface area (Å²) in [6, 6.07) is 10.6. The Labute approximate surface area is 170 Å². The molecule has 1 heterocycles. The van der Waals surface area contributed by atoms with Crippen molar-refractivity contribution in [2.24, 2.45) is 0 Å². The first-order valence-corrected chi connectivity index (χ1v) is 8.88. The van der Waals surface area contributed by atoms with Crippen LogP contribution in [0.2, 0.25) is 0 Å². The van der Waals surface area contributed by atoms with Crippen LogP contribution >= 0.6 is 0 Å². The number of aromatic nitrogens is 2. The fraction of sp³-hybridized carbons (Fsp3) is 0.150. The summed E-state index contributed by atoms with van der Waals surface area (Å²) in [5, 5.41) is 11.0. The summed E-state index contributed by atoms with van der Waals surface area (Å²) < 4.78 is 38.4. The molecule has 0 spiro atoms. The predicted molar refractivity (Wildman–Crippen MR) is 110 cm³/mol. The summed E-state index contributed by atoms with van der Waals surface area (Å²) in [7, 11) is 1.71. The van der Waals surface area contributed by atoms with Crippen molar-refractivity contribution >= 4 is 34.9 Å². The van der Waals surface area contributed by atoms with Crippen LogP contribution < -0.4 is 21.3 Å². The number of alkyl halides is 3. The van der Waals surface area contributed by atoms with Crippen molar-refractivity contribution in [2.45, 2.75) is 13.1 Å². The third-order valence-electron chi connectivity index (χ3n) is 4.03. The number of nitrogens with one attached hydrogen (secondary N) is 4. The van der Waals surface area contributed by atoms with Crippen molar-refractivity contribution in [1.29, 1.82) is 0 Å². The number of aryl methyl sites for hydroxylation is 1. The summed E-state index contributed by atoms with van der Waals surface area (Å²) in [5.41, 5.74) is 1.14. The molecule has 0 aliphatic carbocycles. The molecule has 0 unspecified atom stereocenters. The van der Waals surface area contributed by atoms with E-state index in [9.17, 15) is 18.0 Å². The number of anilines is 5. The van der Waals surface area contributed by atoms with Crippen LogP contribution in [0.25, 0.3) is 0 Å². The van der Waals surface area contributed by atoms with Crippen LogP contribution in [0.5, 0.6) is 0 Å². The Morgan fingerprint density at radius 1 is 0.967 bits per heavy atom. The van der Waals surface area contributed by atoms with E-state index < -0.39 is 17.8 Å². The summed E-state index contributed by atoms with van der Waals surface area (Å²) in [6.45, 7) is 1.85. The van der Waals surface area contributed by atoms with Gasteiger partial charge in [0, 0.05) is 35.9 Å². The molecule has 7 nitrogen and oxygen atoms in total. The minimum Gasteiger partial charge on any atom is -0.357 e. The molecule has 0 fully saturated rings. The minimum atomic E-state index is -4.49. The summed E-state index contributed by atoms with van der Waals surface area (Å²) in [6.07, 6.45) is -2.81. The highest BCUT2D eigenvalue weighted by Crippen LogP contribution is 2.30. The number of rotatable bonds is 5. The second-order valence-electron chi connectivity index (χ2n) is 6.34. The lowest BCUT2D eigenvalue weighted by atomic mass is 10.2. The SMILES string of the molecule is CNc1ncc(C)c(Nc2cccc(NC(=O)Nc3cccc(C(F)(F)F)c3)c2)n1. The van der Waals surface area contributed by atoms with Gasteiger partial charge in [-0.15, -0.1) is 0 Å². The Bertz CT molecular complexity index is 1050. The van der Waals surface area contributed by atoms with Gasteiger partial charge >= 0.3 is 12.2 Å². The number of carbonyl (C=O) groups is 1. The van der Waals surface area contributed by atoms with Crippen LogP contribution in [0.1, 0.15) is 11.1 Å². The molecule has 156 valence electrons. The third kappa shape index (κ3) is 5.37. The van der Waals surface area contributed by atoms with Crippen LogP contribution in [0.3, 0.4) is 0 Å². The maximum Gasteiger partial charge on any atom is 0.416 e. The molecule has 0 bridgehead atoms. The molecule has 0 radical (unpaired) electrons. The second kappa shape index (κ2) is 8.68. The maximum absolute atomic E-state index is 12.8. The number of carbonyl (C=O) groups excluding carboxylic acids is 1. The first-order valence-electron chi connectivity index (χ1n) is 8.88. The molecule has 0 saturated heterocycles. The highest BCUT2D eigenvalue weighted by molar-refractivity contribution is 6.00. The molecular formula is C20H19F3N6O. The minimum absolute atomic E-state index is 0.0350. The number of hydrogen-bond acceptors (Lipinski definition) is 5. The molecule has 10 heteroatoms. The average Bonchev–Trinajstić information content (AvgIpc) is 2.69. The molecule has 0 atom stereocenters. The Hall–Kier alpha value is -3.82. The maximum atomic E-state index is 12.8. The molecule has 4 N–H and O–H groups in total. The fourth-order valence-corrected chi connectivity index (χ4v) is 2.57. The molecule has 0 saturated carbocycles. The van der Waals surface area contributed by atoms with Crippen LogP contribution in [0.15, 0.2) is 54.7 Å². The number of halogens is 3. The number of urea groups is 1. The molecule has 30 heavy (non-hydrogen) atoms. The van der Waals surface area contributed by atoms with Gasteiger partial charge < -0.3 is 21.3 Å². The predicted octanol–water partition coefficient (Wildman–Crippen LogP) is 5.23. The molecule has 3 aromatic rings. The highest BCUT2D eigenvalue weighted by atomic mass is 19.4. The zero-order valence-corrected chi connectivity index (χ0v) is 16.1. The van der Waals surface area contributed by atoms with Crippen LogP contribution in [0.4, 0.5) is 46.8 Å². The van der Waals surface area contributed by atoms with Crippen LogP contribution in [-0.2, 0) is 6.18 Å². The molecule has 1 aromatic heterocycles. The van der Waals surface area contributed by atoms with Crippen molar-refractivity contribution in [3.8, 4) is 0 Å². The zero-order chi connectivity index (χ0) is 21.7. The number of hydrogen-bond donors (Lipinski definition) is 4. The van der Waals surface area contributed by atoms with Gasteiger partial charge in [-0.05, 0) is 43.3 Å². The lowest BCUT2D eigenvalue weighted by Gasteiger charge is -2.13. The van der Waals surface area contributed by atoms with E-state index in [-0.39, 0.29) is 5.69 Å². The van der Waals surface area contributed by atoms with E-state index in [0.717, 1.165) is 17.7 Å². The molecule has 2 amide bonds. The number of benzene rings is 2. The summed E-state index contributed by atoms with van der Waals surface area (Å²) >= 11 is 0. The standard InChI is InChI=1S/C20H19F3N6O/c1-12-11-25-18(24-2)29-17(12)26-15-7-4-8-16(10-15)28-19(30)27-14-6-3-5-13(9-14)20(21,22)23/h3-11H,1-2H3,(H2,27,28,30)(H2,24,25,26,29). The Morgan fingerprint density at radius 3 is 2.27 bits per heavy atom. The Morgan fingerprint density at radius 2 is 1.60 bits per heavy atom. The van der Waals surface area contributed by atoms with E-state index in [1.807, 2.05) is 6.92 Å². The van der Waals surface area contributed by atoms with Crippen molar-refractivity contribution in [1.82, 2.24) is 9.97 Å². The van der Waals surface area contributed by atoms with Crippen molar-refractivity contribution in [3.05, 3.63) is 65.9 Å². The lowest BCUT2D eigenvalue weighted by molar-refractivity contribution is -0.137. The van der Waals surface area contributed by atoms with Gasteiger partial charge in [0.2, 0.25) is 5.95 Å². The van der Waals surface area contributed by atoms with Gasteiger partial charge in [-0.1, -0.05) is 12.1 Å². The van der Waals surface area contributed by atoms with E-state index in [1.54, 1.807) is 37.5 Å². The van der Waals surface area contributed by atoms with Crippen molar-refractivity contribution in [2.75, 3.05) is 28.3 Å². The molecule has 3 rings (SSSR count). The molecule has 0 aliphatic rings. The quantitative estimate of drug-likeness (QED) is 0.457. The molecular weight excluding hydrogens is 397 g/mol. The van der Waals surface area contributed by atoms with Gasteiger partial charge in [-0.2, -0.15) is 18.2 Å². The number of nitrogens with zero attached hydrogens (tertiary/aromatic N) is 2. The topological polar surface area (TPSA) is 91.0 Å². The second-order valence-corrected chi connectivity index (χ2v) is 6.34. The fourth-order valence-electron chi connectivity index (χ4n) is 2.57. The van der Waals surface area contributed by atoms with Gasteiger partial charge in [-0.3, -0.25) is 0 Å². The van der Waals surface area contributed by atoms with Gasteiger partial charge in [0.15, 0.2) is 0 Å². The van der Waals surface area contributed by atoms with Crippen LogP contribution in [-0.4, -0.2) is 23.0 Å². The van der Waals surface area contributed by atoms with Gasteiger partial charge in [0.05, 0.1) is 5.56 Å². The van der Waals surface area contributed by atoms with Gasteiger partial charge in [-0.25, -0.2) is 9.78 Å².